The zero-order valence-electron chi connectivity index (χ0n) is 15.5. The van der Waals surface area contributed by atoms with Gasteiger partial charge < -0.3 is 4.90 Å². The molecule has 1 aliphatic rings. The quantitative estimate of drug-likeness (QED) is 0.777. The van der Waals surface area contributed by atoms with Gasteiger partial charge in [0.1, 0.15) is 0 Å². The Morgan fingerprint density at radius 2 is 2.11 bits per heavy atom. The molecule has 0 saturated carbocycles. The fourth-order valence-corrected chi connectivity index (χ4v) is 5.85. The summed E-state index contributed by atoms with van der Waals surface area (Å²) in [5.74, 6) is -0.231. The number of nitrogens with zero attached hydrogens (tertiary/aromatic N) is 1. The van der Waals surface area contributed by atoms with Crippen LogP contribution >= 0.6 is 22.9 Å². The van der Waals surface area contributed by atoms with Crippen molar-refractivity contribution < 1.29 is 13.2 Å². The van der Waals surface area contributed by atoms with Crippen molar-refractivity contribution >= 4 is 38.9 Å². The molecule has 1 N–H and O–H groups in total. The number of carbonyl (C=O) groups is 1. The second-order valence-corrected chi connectivity index (χ2v) is 10.0. The second-order valence-electron chi connectivity index (χ2n) is 6.89. The lowest BCUT2D eigenvalue weighted by molar-refractivity contribution is 0.0657. The number of sulfonamides is 1. The van der Waals surface area contributed by atoms with Crippen molar-refractivity contribution in [1.82, 2.24) is 9.62 Å². The first-order valence-corrected chi connectivity index (χ1v) is 11.7. The van der Waals surface area contributed by atoms with Crippen LogP contribution in [0.1, 0.15) is 54.0 Å². The van der Waals surface area contributed by atoms with Crippen LogP contribution in [0.25, 0.3) is 0 Å². The topological polar surface area (TPSA) is 66.5 Å². The maximum atomic E-state index is 13.3. The Kier molecular flexibility index (Phi) is 5.96. The molecule has 0 aliphatic carbocycles. The molecule has 2 heterocycles. The van der Waals surface area contributed by atoms with E-state index in [0.717, 1.165) is 12.8 Å². The lowest BCUT2D eigenvalue weighted by Crippen LogP contribution is -2.39. The number of halogens is 1. The molecule has 1 atom stereocenters. The first kappa shape index (κ1) is 20.3. The average Bonchev–Trinajstić information content (AvgIpc) is 3.08. The molecule has 5 nitrogen and oxygen atoms in total. The molecule has 27 heavy (non-hydrogen) atoms. The first-order valence-electron chi connectivity index (χ1n) is 8.93. The van der Waals surface area contributed by atoms with E-state index in [0.29, 0.717) is 6.54 Å². The van der Waals surface area contributed by atoms with Crippen LogP contribution in [0.3, 0.4) is 0 Å². The standard InChI is InChI=1S/C19H23ClN2O3S2/c1-4-17-14-8-10-26-18(14)7-9-22(17)19(23)15-11-13(5-6-16(15)20)27(24,25)21-12(2)3/h5-6,8,10-12,17,21H,4,7,9H2,1-3H3. The highest BCUT2D eigenvalue weighted by molar-refractivity contribution is 7.89. The zero-order valence-corrected chi connectivity index (χ0v) is 17.9. The summed E-state index contributed by atoms with van der Waals surface area (Å²) in [7, 11) is -3.70. The molecule has 146 valence electrons. The summed E-state index contributed by atoms with van der Waals surface area (Å²) in [5.41, 5.74) is 1.41. The van der Waals surface area contributed by atoms with Gasteiger partial charge in [0.05, 0.1) is 21.5 Å². The predicted molar refractivity (Wildman–Crippen MR) is 109 cm³/mol. The smallest absolute Gasteiger partial charge is 0.255 e. The zero-order chi connectivity index (χ0) is 19.8. The highest BCUT2D eigenvalue weighted by atomic mass is 35.5. The number of thiophene rings is 1. The number of nitrogens with one attached hydrogen (secondary N) is 1. The molecule has 8 heteroatoms. The maximum Gasteiger partial charge on any atom is 0.255 e. The summed E-state index contributed by atoms with van der Waals surface area (Å²) >= 11 is 7.99. The van der Waals surface area contributed by atoms with E-state index in [2.05, 4.69) is 16.2 Å². The Bertz CT molecular complexity index is 954. The fourth-order valence-electron chi connectivity index (χ4n) is 3.45. The molecule has 0 bridgehead atoms. The second kappa shape index (κ2) is 7.91. The molecule has 3 rings (SSSR count). The fraction of sp³-hybridized carbons (Fsp3) is 0.421. The van der Waals surface area contributed by atoms with Crippen LogP contribution in [0.5, 0.6) is 0 Å². The van der Waals surface area contributed by atoms with Crippen molar-refractivity contribution in [3.63, 3.8) is 0 Å². The van der Waals surface area contributed by atoms with E-state index >= 15 is 0 Å². The minimum Gasteiger partial charge on any atom is -0.331 e. The molecule has 1 amide bonds. The monoisotopic (exact) mass is 426 g/mol. The van der Waals surface area contributed by atoms with E-state index in [1.807, 2.05) is 11.8 Å². The Hall–Kier alpha value is -1.41. The molecule has 0 spiro atoms. The van der Waals surface area contributed by atoms with Gasteiger partial charge >= 0.3 is 0 Å². The number of hydrogen-bond donors (Lipinski definition) is 1. The van der Waals surface area contributed by atoms with Crippen LogP contribution in [0.4, 0.5) is 0 Å². The molecule has 1 unspecified atom stereocenters. The number of carbonyl (C=O) groups excluding carboxylic acids is 1. The van der Waals surface area contributed by atoms with Gasteiger partial charge in [-0.05, 0) is 61.9 Å². The van der Waals surface area contributed by atoms with Gasteiger partial charge in [-0.3, -0.25) is 4.79 Å². The average molecular weight is 427 g/mol. The van der Waals surface area contributed by atoms with Crippen LogP contribution in [-0.2, 0) is 16.4 Å². The van der Waals surface area contributed by atoms with Crippen LogP contribution in [0, 0.1) is 0 Å². The van der Waals surface area contributed by atoms with Crippen molar-refractivity contribution in [2.45, 2.75) is 50.6 Å². The summed E-state index contributed by atoms with van der Waals surface area (Å²) in [6.45, 7) is 6.14. The molecular weight excluding hydrogens is 404 g/mol. The predicted octanol–water partition coefficient (Wildman–Crippen LogP) is 4.24. The molecule has 0 radical (unpaired) electrons. The molecule has 0 saturated heterocycles. The van der Waals surface area contributed by atoms with E-state index in [1.54, 1.807) is 25.2 Å². The third-order valence-corrected chi connectivity index (χ3v) is 7.59. The van der Waals surface area contributed by atoms with Gasteiger partial charge in [0, 0.05) is 17.5 Å². The number of benzene rings is 1. The Balaban J connectivity index is 1.97. The highest BCUT2D eigenvalue weighted by Gasteiger charge is 2.32. The van der Waals surface area contributed by atoms with Crippen molar-refractivity contribution in [2.24, 2.45) is 0 Å². The molecule has 0 fully saturated rings. The summed E-state index contributed by atoms with van der Waals surface area (Å²) in [5, 5.41) is 2.31. The highest BCUT2D eigenvalue weighted by Crippen LogP contribution is 2.36. The molecule has 1 aromatic heterocycles. The third-order valence-electron chi connectivity index (χ3n) is 4.61. The van der Waals surface area contributed by atoms with Gasteiger partial charge in [-0.2, -0.15) is 0 Å². The summed E-state index contributed by atoms with van der Waals surface area (Å²) in [4.78, 5) is 16.4. The van der Waals surface area contributed by atoms with Gasteiger partial charge in [-0.15, -0.1) is 11.3 Å². The minimum absolute atomic E-state index is 0.0161. The van der Waals surface area contributed by atoms with E-state index in [9.17, 15) is 13.2 Å². The Morgan fingerprint density at radius 1 is 1.37 bits per heavy atom. The van der Waals surface area contributed by atoms with Crippen molar-refractivity contribution in [3.8, 4) is 0 Å². The van der Waals surface area contributed by atoms with Gasteiger partial charge in [-0.25, -0.2) is 13.1 Å². The summed E-state index contributed by atoms with van der Waals surface area (Å²) < 4.78 is 27.5. The summed E-state index contributed by atoms with van der Waals surface area (Å²) in [6, 6.07) is 6.10. The number of rotatable bonds is 5. The SMILES string of the molecule is CCC1c2ccsc2CCN1C(=O)c1cc(S(=O)(=O)NC(C)C)ccc1Cl. The number of hydrogen-bond acceptors (Lipinski definition) is 4. The van der Waals surface area contributed by atoms with E-state index in [-0.39, 0.29) is 33.5 Å². The molecule has 1 aromatic carbocycles. The van der Waals surface area contributed by atoms with Crippen LogP contribution < -0.4 is 4.72 Å². The largest absolute Gasteiger partial charge is 0.331 e. The van der Waals surface area contributed by atoms with E-state index < -0.39 is 10.0 Å². The van der Waals surface area contributed by atoms with Crippen LogP contribution in [0.15, 0.2) is 34.5 Å². The first-order chi connectivity index (χ1) is 12.7. The molecule has 1 aliphatic heterocycles. The van der Waals surface area contributed by atoms with Gasteiger partial charge in [0.15, 0.2) is 0 Å². The maximum absolute atomic E-state index is 13.3. The third kappa shape index (κ3) is 4.06. The van der Waals surface area contributed by atoms with Crippen molar-refractivity contribution in [2.75, 3.05) is 6.54 Å². The normalized spacial score (nSPS) is 17.2. The van der Waals surface area contributed by atoms with Gasteiger partial charge in [-0.1, -0.05) is 18.5 Å². The Morgan fingerprint density at radius 3 is 2.78 bits per heavy atom. The van der Waals surface area contributed by atoms with Crippen molar-refractivity contribution in [3.05, 3.63) is 50.7 Å². The van der Waals surface area contributed by atoms with E-state index in [4.69, 9.17) is 11.6 Å². The van der Waals surface area contributed by atoms with Gasteiger partial charge in [0.2, 0.25) is 10.0 Å². The van der Waals surface area contributed by atoms with Crippen LogP contribution in [0.2, 0.25) is 5.02 Å². The molecular formula is C19H23ClN2O3S2. The van der Waals surface area contributed by atoms with Crippen molar-refractivity contribution in [1.29, 1.82) is 0 Å². The van der Waals surface area contributed by atoms with Gasteiger partial charge in [0.25, 0.3) is 5.91 Å². The lowest BCUT2D eigenvalue weighted by atomic mass is 9.97. The number of amides is 1. The summed E-state index contributed by atoms with van der Waals surface area (Å²) in [6.07, 6.45) is 1.60. The Labute approximate surface area is 169 Å². The lowest BCUT2D eigenvalue weighted by Gasteiger charge is -2.35. The number of fused-ring (bicyclic) bond motifs is 1. The van der Waals surface area contributed by atoms with Crippen LogP contribution in [-0.4, -0.2) is 31.8 Å². The molecule has 2 aromatic rings. The minimum atomic E-state index is -3.70. The van der Waals surface area contributed by atoms with E-state index in [1.165, 1.54) is 28.6 Å².